The van der Waals surface area contributed by atoms with E-state index in [1.807, 2.05) is 31.2 Å². The van der Waals surface area contributed by atoms with Crippen molar-refractivity contribution in [2.75, 3.05) is 0 Å². The third-order valence-electron chi connectivity index (χ3n) is 2.16. The van der Waals surface area contributed by atoms with Crippen LogP contribution < -0.4 is 5.84 Å². The molecule has 1 aliphatic rings. The van der Waals surface area contributed by atoms with Crippen molar-refractivity contribution >= 4 is 40.3 Å². The molecular formula is C11H10N2OS2. The normalized spacial score (nSPS) is 18.6. The van der Waals surface area contributed by atoms with E-state index in [9.17, 15) is 4.79 Å². The zero-order valence-corrected chi connectivity index (χ0v) is 10.3. The molecule has 2 N–H and O–H groups in total. The summed E-state index contributed by atoms with van der Waals surface area (Å²) in [5, 5.41) is 1.00. The number of hydrogen-bond donors (Lipinski definition) is 1. The number of carbonyl (C=O) groups is 1. The van der Waals surface area contributed by atoms with E-state index in [0.29, 0.717) is 9.23 Å². The van der Waals surface area contributed by atoms with Crippen molar-refractivity contribution in [1.29, 1.82) is 0 Å². The number of hydrazine groups is 1. The maximum Gasteiger partial charge on any atom is 0.280 e. The molecule has 5 heteroatoms. The van der Waals surface area contributed by atoms with Gasteiger partial charge in [0.2, 0.25) is 0 Å². The molecular weight excluding hydrogens is 240 g/mol. The summed E-state index contributed by atoms with van der Waals surface area (Å²) in [7, 11) is 0. The second-order valence-electron chi connectivity index (χ2n) is 3.47. The van der Waals surface area contributed by atoms with E-state index in [-0.39, 0.29) is 5.91 Å². The van der Waals surface area contributed by atoms with Crippen LogP contribution in [0, 0.1) is 6.92 Å². The molecule has 16 heavy (non-hydrogen) atoms. The molecule has 82 valence electrons. The Morgan fingerprint density at radius 2 is 2.25 bits per heavy atom. The van der Waals surface area contributed by atoms with Gasteiger partial charge in [-0.1, -0.05) is 53.8 Å². The summed E-state index contributed by atoms with van der Waals surface area (Å²) in [6, 6.07) is 7.90. The topological polar surface area (TPSA) is 46.3 Å². The minimum atomic E-state index is -0.239. The van der Waals surface area contributed by atoms with Crippen molar-refractivity contribution in [3.63, 3.8) is 0 Å². The van der Waals surface area contributed by atoms with Crippen LogP contribution in [0.1, 0.15) is 11.1 Å². The molecule has 1 aromatic carbocycles. The van der Waals surface area contributed by atoms with E-state index >= 15 is 0 Å². The molecule has 0 atom stereocenters. The van der Waals surface area contributed by atoms with E-state index in [2.05, 4.69) is 0 Å². The SMILES string of the molecule is Cc1cccc(/C=C2\SC(=S)N(N)C2=O)c1. The Balaban J connectivity index is 2.33. The average Bonchev–Trinajstić information content (AvgIpc) is 2.47. The lowest BCUT2D eigenvalue weighted by molar-refractivity contribution is -0.122. The zero-order valence-electron chi connectivity index (χ0n) is 8.64. The number of aryl methyl sites for hydroxylation is 1. The molecule has 0 bridgehead atoms. The molecule has 0 unspecified atom stereocenters. The third-order valence-corrected chi connectivity index (χ3v) is 3.49. The molecule has 0 saturated carbocycles. The molecule has 0 radical (unpaired) electrons. The fraction of sp³-hybridized carbons (Fsp3) is 0.0909. The highest BCUT2D eigenvalue weighted by Gasteiger charge is 2.29. The molecule has 1 fully saturated rings. The molecule has 1 saturated heterocycles. The molecule has 2 rings (SSSR count). The van der Waals surface area contributed by atoms with Crippen LogP contribution in [-0.2, 0) is 4.79 Å². The first kappa shape index (κ1) is 11.3. The number of carbonyl (C=O) groups excluding carboxylic acids is 1. The summed E-state index contributed by atoms with van der Waals surface area (Å²) in [5.74, 6) is 5.24. The maximum atomic E-state index is 11.6. The lowest BCUT2D eigenvalue weighted by atomic mass is 10.1. The maximum absolute atomic E-state index is 11.6. The highest BCUT2D eigenvalue weighted by atomic mass is 32.2. The van der Waals surface area contributed by atoms with Gasteiger partial charge in [0.1, 0.15) is 0 Å². The number of thioether (sulfide) groups is 1. The number of hydrogen-bond acceptors (Lipinski definition) is 4. The van der Waals surface area contributed by atoms with Gasteiger partial charge in [-0.2, -0.15) is 0 Å². The van der Waals surface area contributed by atoms with Crippen molar-refractivity contribution in [2.45, 2.75) is 6.92 Å². The van der Waals surface area contributed by atoms with Crippen molar-refractivity contribution in [3.8, 4) is 0 Å². The van der Waals surface area contributed by atoms with Gasteiger partial charge in [-0.15, -0.1) is 0 Å². The van der Waals surface area contributed by atoms with Gasteiger partial charge < -0.3 is 0 Å². The van der Waals surface area contributed by atoms with Gasteiger partial charge in [0, 0.05) is 0 Å². The van der Waals surface area contributed by atoms with Crippen LogP contribution in [0.5, 0.6) is 0 Å². The summed E-state index contributed by atoms with van der Waals surface area (Å²) in [6.45, 7) is 2.01. The smallest absolute Gasteiger partial charge is 0.267 e. The fourth-order valence-corrected chi connectivity index (χ4v) is 2.49. The predicted molar refractivity (Wildman–Crippen MR) is 70.4 cm³/mol. The standard InChI is InChI=1S/C11H10N2OS2/c1-7-3-2-4-8(5-7)6-9-10(14)13(12)11(15)16-9/h2-6H,12H2,1H3/b9-6-. The summed E-state index contributed by atoms with van der Waals surface area (Å²) < 4.78 is 0.393. The Labute approximate surface area is 103 Å². The molecule has 3 nitrogen and oxygen atoms in total. The Bertz CT molecular complexity index is 497. The molecule has 0 aromatic heterocycles. The van der Waals surface area contributed by atoms with Crippen LogP contribution in [0.2, 0.25) is 0 Å². The second-order valence-corrected chi connectivity index (χ2v) is 5.14. The van der Waals surface area contributed by atoms with E-state index in [4.69, 9.17) is 18.1 Å². The van der Waals surface area contributed by atoms with Gasteiger partial charge in [0.15, 0.2) is 4.32 Å². The lowest BCUT2D eigenvalue weighted by Gasteiger charge is -2.03. The molecule has 1 amide bonds. The van der Waals surface area contributed by atoms with Crippen LogP contribution in [0.25, 0.3) is 6.08 Å². The lowest BCUT2D eigenvalue weighted by Crippen LogP contribution is -2.34. The van der Waals surface area contributed by atoms with Gasteiger partial charge in [-0.25, -0.2) is 10.9 Å². The third kappa shape index (κ3) is 2.16. The van der Waals surface area contributed by atoms with E-state index in [1.165, 1.54) is 11.8 Å². The Kier molecular flexibility index (Phi) is 3.09. The van der Waals surface area contributed by atoms with Crippen molar-refractivity contribution in [1.82, 2.24) is 5.01 Å². The van der Waals surface area contributed by atoms with Gasteiger partial charge in [0.25, 0.3) is 5.91 Å². The summed E-state index contributed by atoms with van der Waals surface area (Å²) in [5.41, 5.74) is 2.13. The number of amides is 1. The molecule has 0 aliphatic carbocycles. The summed E-state index contributed by atoms with van der Waals surface area (Å²) in [6.07, 6.45) is 1.80. The predicted octanol–water partition coefficient (Wildman–Crippen LogP) is 2.07. The number of rotatable bonds is 1. The van der Waals surface area contributed by atoms with E-state index in [1.54, 1.807) is 6.08 Å². The highest BCUT2D eigenvalue weighted by Crippen LogP contribution is 2.30. The van der Waals surface area contributed by atoms with Crippen LogP contribution in [0.3, 0.4) is 0 Å². The minimum absolute atomic E-state index is 0.239. The first-order valence-electron chi connectivity index (χ1n) is 4.67. The van der Waals surface area contributed by atoms with Crippen molar-refractivity contribution in [2.24, 2.45) is 5.84 Å². The number of benzene rings is 1. The highest BCUT2D eigenvalue weighted by molar-refractivity contribution is 8.26. The second kappa shape index (κ2) is 4.37. The first-order valence-corrected chi connectivity index (χ1v) is 5.90. The van der Waals surface area contributed by atoms with E-state index in [0.717, 1.165) is 16.1 Å². The minimum Gasteiger partial charge on any atom is -0.267 e. The van der Waals surface area contributed by atoms with E-state index < -0.39 is 0 Å². The Morgan fingerprint density at radius 3 is 2.81 bits per heavy atom. The van der Waals surface area contributed by atoms with Gasteiger partial charge in [-0.05, 0) is 18.6 Å². The van der Waals surface area contributed by atoms with Crippen LogP contribution >= 0.6 is 24.0 Å². The van der Waals surface area contributed by atoms with Gasteiger partial charge >= 0.3 is 0 Å². The van der Waals surface area contributed by atoms with Crippen LogP contribution in [-0.4, -0.2) is 15.2 Å². The van der Waals surface area contributed by atoms with Gasteiger partial charge in [-0.3, -0.25) is 4.79 Å². The number of nitrogens with zero attached hydrogens (tertiary/aromatic N) is 1. The largest absolute Gasteiger partial charge is 0.280 e. The number of thiocarbonyl (C=S) groups is 1. The molecule has 1 aromatic rings. The Morgan fingerprint density at radius 1 is 1.50 bits per heavy atom. The zero-order chi connectivity index (χ0) is 11.7. The number of nitrogens with two attached hydrogens (primary N) is 1. The fourth-order valence-electron chi connectivity index (χ4n) is 1.39. The summed E-state index contributed by atoms with van der Waals surface area (Å²) >= 11 is 6.17. The summed E-state index contributed by atoms with van der Waals surface area (Å²) in [4.78, 5) is 12.2. The quantitative estimate of drug-likeness (QED) is 0.359. The van der Waals surface area contributed by atoms with Crippen LogP contribution in [0.15, 0.2) is 29.2 Å². The Hall–Kier alpha value is -1.17. The van der Waals surface area contributed by atoms with Crippen molar-refractivity contribution < 1.29 is 4.79 Å². The molecule has 0 spiro atoms. The average molecular weight is 250 g/mol. The monoisotopic (exact) mass is 250 g/mol. The molecule has 1 heterocycles. The van der Waals surface area contributed by atoms with Crippen molar-refractivity contribution in [3.05, 3.63) is 40.3 Å². The molecule has 1 aliphatic heterocycles. The van der Waals surface area contributed by atoms with Gasteiger partial charge in [0.05, 0.1) is 4.91 Å². The van der Waals surface area contributed by atoms with Crippen LogP contribution in [0.4, 0.5) is 0 Å². The first-order chi connectivity index (χ1) is 7.58.